The molecule has 0 aromatic carbocycles. The second-order valence-electron chi connectivity index (χ2n) is 26.2. The van der Waals surface area contributed by atoms with E-state index in [0.717, 1.165) is 135 Å². The molecule has 0 bridgehead atoms. The van der Waals surface area contributed by atoms with Crippen molar-refractivity contribution in [1.82, 2.24) is 0 Å². The van der Waals surface area contributed by atoms with Crippen LogP contribution in [0.15, 0.2) is 186 Å². The van der Waals surface area contributed by atoms with Crippen LogP contribution in [0.3, 0.4) is 0 Å². The summed E-state index contributed by atoms with van der Waals surface area (Å²) in [7, 11) is 1.45. The number of esters is 1. The van der Waals surface area contributed by atoms with Crippen molar-refractivity contribution in [3.05, 3.63) is 186 Å². The number of carbonyl (C=O) groups is 1. The Bertz CT molecular complexity index is 2380. The standard InChI is InChI=1S/C83H134O2/c1-67(2)35-19-36-68(3)37-20-38-69(4)39-21-40-70(5)41-22-42-71(6)43-23-44-72(7)45-24-46-73(8)47-25-48-74(9)49-26-50-75(10)51-27-52-76(11)53-28-54-77(12)55-29-56-78(13)57-30-58-79(14)59-31-60-80(15)61-32-62-81(16)63-33-64-82(17)65-34-66-83(84)85-18/h35,37,39,41,43,45,47,49,51,53,55,57,59,61,63,65H,19-34,36,38,40,42,44,46,48,50,52,54,56,58,60,62,64,66H2,1-18H3/b68-37+,69-39+,70-41-,71-43-,72-45-,73-47-,74-49-,75-51-,76-53-,77-55-,78-57-,79-59-,80-61-,81-63-,82-65-. The second-order valence-corrected chi connectivity index (χ2v) is 26.2. The third-order valence-electron chi connectivity index (χ3n) is 16.6. The highest BCUT2D eigenvalue weighted by Crippen LogP contribution is 2.21. The van der Waals surface area contributed by atoms with Gasteiger partial charge in [-0.25, -0.2) is 0 Å². The van der Waals surface area contributed by atoms with E-state index in [1.54, 1.807) is 0 Å². The molecule has 0 N–H and O–H groups in total. The summed E-state index contributed by atoms with van der Waals surface area (Å²) in [5.41, 5.74) is 24.0. The Kier molecular flexibility index (Phi) is 50.6. The van der Waals surface area contributed by atoms with E-state index in [0.29, 0.717) is 6.42 Å². The van der Waals surface area contributed by atoms with E-state index in [-0.39, 0.29) is 5.97 Å². The first-order valence-electron chi connectivity index (χ1n) is 34.1. The lowest BCUT2D eigenvalue weighted by Gasteiger charge is -2.04. The Morgan fingerprint density at radius 1 is 0.188 bits per heavy atom. The van der Waals surface area contributed by atoms with Crippen molar-refractivity contribution in [1.29, 1.82) is 0 Å². The van der Waals surface area contributed by atoms with Crippen LogP contribution in [0.1, 0.15) is 323 Å². The zero-order chi connectivity index (χ0) is 63.5. The zero-order valence-electron chi connectivity index (χ0n) is 59.2. The summed E-state index contributed by atoms with van der Waals surface area (Å²) in [6.07, 6.45) is 74.7. The molecule has 478 valence electrons. The molecule has 0 fully saturated rings. The molecule has 0 aliphatic heterocycles. The van der Waals surface area contributed by atoms with Crippen LogP contribution in [0, 0.1) is 0 Å². The number of carbonyl (C=O) groups excluding carboxylic acids is 1. The van der Waals surface area contributed by atoms with Gasteiger partial charge >= 0.3 is 5.97 Å². The van der Waals surface area contributed by atoms with Gasteiger partial charge < -0.3 is 4.74 Å². The fourth-order valence-electron chi connectivity index (χ4n) is 10.3. The fourth-order valence-corrected chi connectivity index (χ4v) is 10.3. The summed E-state index contributed by atoms with van der Waals surface area (Å²) in [6.45, 7) is 38.8. The molecular weight excluding hydrogens is 1030 g/mol. The number of hydrogen-bond donors (Lipinski definition) is 0. The van der Waals surface area contributed by atoms with Gasteiger partial charge in [0.05, 0.1) is 7.11 Å². The molecule has 0 aliphatic carbocycles. The molecular formula is C83H134O2. The minimum absolute atomic E-state index is 0.137. The number of allylic oxidation sites excluding steroid dienone is 32. The molecule has 0 saturated heterocycles. The van der Waals surface area contributed by atoms with Gasteiger partial charge in [-0.05, 0) is 317 Å². The van der Waals surface area contributed by atoms with Crippen molar-refractivity contribution in [2.75, 3.05) is 7.11 Å². The predicted molar refractivity (Wildman–Crippen MR) is 386 cm³/mol. The van der Waals surface area contributed by atoms with Gasteiger partial charge in [0.15, 0.2) is 0 Å². The molecule has 0 heterocycles. The van der Waals surface area contributed by atoms with Crippen molar-refractivity contribution in [3.8, 4) is 0 Å². The van der Waals surface area contributed by atoms with Gasteiger partial charge in [-0.15, -0.1) is 0 Å². The normalized spacial score (nSPS) is 15.0. The molecule has 0 rings (SSSR count). The summed E-state index contributed by atoms with van der Waals surface area (Å²) in [6, 6.07) is 0. The van der Waals surface area contributed by atoms with E-state index in [2.05, 4.69) is 215 Å². The number of ether oxygens (including phenoxy) is 1. The number of hydrogen-bond acceptors (Lipinski definition) is 2. The highest BCUT2D eigenvalue weighted by Gasteiger charge is 2.02. The highest BCUT2D eigenvalue weighted by molar-refractivity contribution is 5.69. The van der Waals surface area contributed by atoms with E-state index in [9.17, 15) is 4.79 Å². The maximum absolute atomic E-state index is 11.3. The van der Waals surface area contributed by atoms with Crippen molar-refractivity contribution in [2.24, 2.45) is 0 Å². The van der Waals surface area contributed by atoms with E-state index in [4.69, 9.17) is 4.74 Å². The first-order valence-corrected chi connectivity index (χ1v) is 34.1. The lowest BCUT2D eigenvalue weighted by molar-refractivity contribution is -0.140. The van der Waals surface area contributed by atoms with E-state index in [1.807, 2.05) is 0 Å². The van der Waals surface area contributed by atoms with Crippen LogP contribution in [0.4, 0.5) is 0 Å². The summed E-state index contributed by atoms with van der Waals surface area (Å²) in [5, 5.41) is 0. The molecule has 85 heavy (non-hydrogen) atoms. The molecule has 0 radical (unpaired) electrons. The lowest BCUT2D eigenvalue weighted by Crippen LogP contribution is -1.98. The molecule has 0 atom stereocenters. The molecule has 2 nitrogen and oxygen atoms in total. The van der Waals surface area contributed by atoms with Gasteiger partial charge in [0.25, 0.3) is 0 Å². The minimum Gasteiger partial charge on any atom is -0.469 e. The molecule has 2 heteroatoms. The van der Waals surface area contributed by atoms with Crippen LogP contribution >= 0.6 is 0 Å². The fraction of sp³-hybridized carbons (Fsp3) is 0.602. The molecule has 0 unspecified atom stereocenters. The van der Waals surface area contributed by atoms with Crippen molar-refractivity contribution in [2.45, 2.75) is 323 Å². The van der Waals surface area contributed by atoms with Crippen LogP contribution < -0.4 is 0 Å². The van der Waals surface area contributed by atoms with Crippen LogP contribution in [-0.4, -0.2) is 13.1 Å². The Labute approximate surface area is 529 Å². The Balaban J connectivity index is 4.33. The summed E-state index contributed by atoms with van der Waals surface area (Å²) in [4.78, 5) is 11.3. The van der Waals surface area contributed by atoms with E-state index in [1.165, 1.54) is 160 Å². The Morgan fingerprint density at radius 2 is 0.294 bits per heavy atom. The van der Waals surface area contributed by atoms with Gasteiger partial charge in [0, 0.05) is 6.42 Å². The average Bonchev–Trinajstić information content (AvgIpc) is 3.43. The monoisotopic (exact) mass is 1160 g/mol. The largest absolute Gasteiger partial charge is 0.469 e. The van der Waals surface area contributed by atoms with Crippen LogP contribution in [-0.2, 0) is 9.53 Å². The predicted octanol–water partition coefficient (Wildman–Crippen LogP) is 27.8. The van der Waals surface area contributed by atoms with Crippen molar-refractivity contribution >= 4 is 5.97 Å². The first-order chi connectivity index (χ1) is 40.6. The number of rotatable bonds is 48. The average molecular weight is 1160 g/mol. The van der Waals surface area contributed by atoms with Crippen LogP contribution in [0.25, 0.3) is 0 Å². The smallest absolute Gasteiger partial charge is 0.305 e. The summed E-state index contributed by atoms with van der Waals surface area (Å²) < 4.78 is 4.73. The van der Waals surface area contributed by atoms with Gasteiger partial charge in [0.2, 0.25) is 0 Å². The lowest BCUT2D eigenvalue weighted by atomic mass is 10.0. The third kappa shape index (κ3) is 54.4. The van der Waals surface area contributed by atoms with E-state index >= 15 is 0 Å². The van der Waals surface area contributed by atoms with Crippen LogP contribution in [0.2, 0.25) is 0 Å². The maximum Gasteiger partial charge on any atom is 0.305 e. The second kappa shape index (κ2) is 53.5. The molecule has 0 aromatic rings. The quantitative estimate of drug-likeness (QED) is 0.0448. The Hall–Kier alpha value is -4.69. The van der Waals surface area contributed by atoms with Gasteiger partial charge in [0.1, 0.15) is 0 Å². The summed E-state index contributed by atoms with van der Waals surface area (Å²) >= 11 is 0. The first kappa shape index (κ1) is 80.3. The minimum atomic E-state index is -0.137. The van der Waals surface area contributed by atoms with Gasteiger partial charge in [-0.2, -0.15) is 0 Å². The highest BCUT2D eigenvalue weighted by atomic mass is 16.5. The molecule has 0 amide bonds. The van der Waals surface area contributed by atoms with Gasteiger partial charge in [-0.3, -0.25) is 4.79 Å². The van der Waals surface area contributed by atoms with Crippen molar-refractivity contribution in [3.63, 3.8) is 0 Å². The van der Waals surface area contributed by atoms with Crippen molar-refractivity contribution < 1.29 is 9.53 Å². The Morgan fingerprint density at radius 3 is 0.400 bits per heavy atom. The summed E-state index contributed by atoms with van der Waals surface area (Å²) in [5.74, 6) is -0.137. The third-order valence-corrected chi connectivity index (χ3v) is 16.6. The van der Waals surface area contributed by atoms with Gasteiger partial charge in [-0.1, -0.05) is 186 Å². The molecule has 0 saturated carbocycles. The SMILES string of the molecule is COC(=O)CC/C=C(/C)CC/C=C(/C)CC/C=C(/C)CC/C=C(/C)CC/C=C(/C)CC/C=C(/C)CC/C=C(/C)CC/C=C(/C)CC/C=C(/C)CC/C=C(/C)CC/C=C(/C)CC/C=C(/C)CC/C=C(/C)CC/C=C(\C)CC/C=C(\C)CCC=C(C)C. The number of methoxy groups -OCH3 is 1. The molecule has 0 aromatic heterocycles. The molecule has 0 aliphatic rings. The maximum atomic E-state index is 11.3. The zero-order valence-corrected chi connectivity index (χ0v) is 59.2. The van der Waals surface area contributed by atoms with Crippen LogP contribution in [0.5, 0.6) is 0 Å². The van der Waals surface area contributed by atoms with E-state index < -0.39 is 0 Å². The topological polar surface area (TPSA) is 26.3 Å². The molecule has 0 spiro atoms.